The average Bonchev–Trinajstić information content (AvgIpc) is 3.59. The summed E-state index contributed by atoms with van der Waals surface area (Å²) in [6.07, 6.45) is 0.787. The minimum Gasteiger partial charge on any atom is -0.495 e. The number of methoxy groups -OCH3 is 1. The summed E-state index contributed by atoms with van der Waals surface area (Å²) in [5.74, 6) is -1.01. The van der Waals surface area contributed by atoms with Crippen LogP contribution in [0.3, 0.4) is 0 Å². The number of hydrogen-bond acceptors (Lipinski definition) is 7. The van der Waals surface area contributed by atoms with Gasteiger partial charge >= 0.3 is 5.97 Å². The van der Waals surface area contributed by atoms with Crippen molar-refractivity contribution in [3.8, 4) is 5.75 Å². The smallest absolute Gasteiger partial charge is 0.330 e. The van der Waals surface area contributed by atoms with Gasteiger partial charge in [-0.15, -0.1) is 11.8 Å². The first-order valence-electron chi connectivity index (χ1n) is 12.1. The van der Waals surface area contributed by atoms with Gasteiger partial charge in [-0.3, -0.25) is 9.59 Å². The Bertz CT molecular complexity index is 1590. The number of thioether (sulfide) groups is 1. The van der Waals surface area contributed by atoms with Gasteiger partial charge in [0.25, 0.3) is 5.91 Å². The number of amides is 2. The highest BCUT2D eigenvalue weighted by molar-refractivity contribution is 8.00. The molecule has 2 amide bonds. The Morgan fingerprint density at radius 2 is 1.92 bits per heavy atom. The number of ether oxygens (including phenoxy) is 2. The van der Waals surface area contributed by atoms with E-state index >= 15 is 0 Å². The second kappa shape index (κ2) is 9.36. The van der Waals surface area contributed by atoms with E-state index < -0.39 is 29.4 Å². The number of furan rings is 1. The molecule has 2 aliphatic heterocycles. The lowest BCUT2D eigenvalue weighted by atomic mass is 10.0. The van der Waals surface area contributed by atoms with E-state index in [1.807, 2.05) is 24.3 Å². The van der Waals surface area contributed by atoms with Gasteiger partial charge in [0.1, 0.15) is 33.6 Å². The van der Waals surface area contributed by atoms with Crippen molar-refractivity contribution in [3.63, 3.8) is 0 Å². The number of anilines is 1. The van der Waals surface area contributed by atoms with Gasteiger partial charge < -0.3 is 24.1 Å². The second-order valence-electron chi connectivity index (χ2n) is 9.18. The van der Waals surface area contributed by atoms with Gasteiger partial charge in [-0.1, -0.05) is 30.3 Å². The molecule has 0 bridgehead atoms. The first-order valence-corrected chi connectivity index (χ1v) is 13.1. The third kappa shape index (κ3) is 3.96. The number of nitrogens with zero attached hydrogens (tertiary/aromatic N) is 1. The topological polar surface area (TPSA) is 98.1 Å². The van der Waals surface area contributed by atoms with Gasteiger partial charge in [0, 0.05) is 29.0 Å². The molecule has 0 spiro atoms. The summed E-state index contributed by atoms with van der Waals surface area (Å²) in [7, 11) is 1.50. The summed E-state index contributed by atoms with van der Waals surface area (Å²) in [6, 6.07) is 16.2. The first kappa shape index (κ1) is 24.3. The molecular weight excluding hydrogens is 511 g/mol. The van der Waals surface area contributed by atoms with Crippen LogP contribution in [0.1, 0.15) is 18.4 Å². The largest absolute Gasteiger partial charge is 0.495 e. The predicted octanol–water partition coefficient (Wildman–Crippen LogP) is 4.81. The van der Waals surface area contributed by atoms with E-state index in [2.05, 4.69) is 5.32 Å². The van der Waals surface area contributed by atoms with E-state index in [4.69, 9.17) is 13.9 Å². The van der Waals surface area contributed by atoms with Crippen LogP contribution in [0.4, 0.5) is 10.1 Å². The Morgan fingerprint density at radius 1 is 1.13 bits per heavy atom. The second-order valence-corrected chi connectivity index (χ2v) is 10.5. The Hall–Kier alpha value is -4.05. The van der Waals surface area contributed by atoms with Crippen LogP contribution < -0.4 is 10.1 Å². The van der Waals surface area contributed by atoms with Crippen LogP contribution in [-0.4, -0.2) is 48.2 Å². The molecule has 8 nitrogen and oxygen atoms in total. The van der Waals surface area contributed by atoms with Crippen molar-refractivity contribution in [3.05, 3.63) is 72.0 Å². The van der Waals surface area contributed by atoms with Gasteiger partial charge in [-0.25, -0.2) is 9.18 Å². The fraction of sp³-hybridized carbons (Fsp3) is 0.250. The Kier molecular flexibility index (Phi) is 5.98. The summed E-state index contributed by atoms with van der Waals surface area (Å²) in [5, 5.41) is 4.49. The molecule has 0 aliphatic carbocycles. The molecule has 0 radical (unpaired) electrons. The Morgan fingerprint density at radius 3 is 2.71 bits per heavy atom. The molecular formula is C28H23FN2O6S. The number of halogens is 1. The minimum atomic E-state index is -0.839. The van der Waals surface area contributed by atoms with E-state index in [0.29, 0.717) is 34.8 Å². The molecule has 2 fully saturated rings. The molecule has 2 saturated heterocycles. The van der Waals surface area contributed by atoms with E-state index in [1.165, 1.54) is 35.9 Å². The standard InChI is InChI=1S/C28H23FN2O6S/c1-35-24-12-19-18-4-2-3-5-22(18)37-23(19)13-20(24)30-25(32)14-36-27(34)21-15-38-28(11-10-26(33)31(21)28)16-6-8-17(29)9-7-16/h2-9,12-13,21H,10-11,14-15H2,1H3,(H,30,32). The third-order valence-electron chi connectivity index (χ3n) is 7.01. The first-order chi connectivity index (χ1) is 18.4. The van der Waals surface area contributed by atoms with E-state index in [9.17, 15) is 18.8 Å². The Balaban J connectivity index is 1.16. The number of nitrogens with one attached hydrogen (secondary N) is 1. The average molecular weight is 535 g/mol. The molecule has 6 rings (SSSR count). The quantitative estimate of drug-likeness (QED) is 0.355. The van der Waals surface area contributed by atoms with Gasteiger partial charge in [0.05, 0.1) is 12.8 Å². The lowest BCUT2D eigenvalue weighted by molar-refractivity contribution is -0.155. The number of para-hydroxylation sites is 1. The highest BCUT2D eigenvalue weighted by atomic mass is 32.2. The van der Waals surface area contributed by atoms with E-state index in [-0.39, 0.29) is 18.1 Å². The summed E-state index contributed by atoms with van der Waals surface area (Å²) in [4.78, 5) is 39.3. The number of rotatable bonds is 6. The number of carbonyl (C=O) groups is 3. The highest BCUT2D eigenvalue weighted by Crippen LogP contribution is 2.54. The van der Waals surface area contributed by atoms with Crippen molar-refractivity contribution < 1.29 is 32.7 Å². The molecule has 38 heavy (non-hydrogen) atoms. The number of fused-ring (bicyclic) bond motifs is 4. The van der Waals surface area contributed by atoms with Crippen molar-refractivity contribution in [2.75, 3.05) is 24.8 Å². The van der Waals surface area contributed by atoms with Crippen molar-refractivity contribution in [1.82, 2.24) is 4.90 Å². The number of esters is 1. The van der Waals surface area contributed by atoms with Crippen LogP contribution in [0.5, 0.6) is 5.75 Å². The molecule has 3 heterocycles. The summed E-state index contributed by atoms with van der Waals surface area (Å²) < 4.78 is 30.2. The van der Waals surface area contributed by atoms with Crippen LogP contribution in [0.15, 0.2) is 65.1 Å². The van der Waals surface area contributed by atoms with Crippen molar-refractivity contribution in [2.45, 2.75) is 23.8 Å². The summed E-state index contributed by atoms with van der Waals surface area (Å²) in [6.45, 7) is -0.535. The number of hydrogen-bond donors (Lipinski definition) is 1. The van der Waals surface area contributed by atoms with Gasteiger partial charge in [-0.05, 0) is 36.2 Å². The molecule has 2 aliphatic rings. The molecule has 4 aromatic rings. The van der Waals surface area contributed by atoms with Gasteiger partial charge in [0.2, 0.25) is 5.91 Å². The molecule has 0 saturated carbocycles. The normalized spacial score (nSPS) is 20.6. The number of carbonyl (C=O) groups excluding carboxylic acids is 3. The van der Waals surface area contributed by atoms with Crippen LogP contribution in [0.25, 0.3) is 21.9 Å². The minimum absolute atomic E-state index is 0.172. The van der Waals surface area contributed by atoms with Crippen molar-refractivity contribution >= 4 is 57.2 Å². The zero-order valence-electron chi connectivity index (χ0n) is 20.4. The van der Waals surface area contributed by atoms with Crippen molar-refractivity contribution in [2.24, 2.45) is 0 Å². The maximum Gasteiger partial charge on any atom is 0.330 e. The van der Waals surface area contributed by atoms with Gasteiger partial charge in [-0.2, -0.15) is 0 Å². The Labute approximate surface area is 221 Å². The fourth-order valence-corrected chi connectivity index (χ4v) is 6.90. The number of benzene rings is 3. The molecule has 194 valence electrons. The molecule has 2 atom stereocenters. The van der Waals surface area contributed by atoms with Crippen LogP contribution in [0, 0.1) is 5.82 Å². The van der Waals surface area contributed by atoms with Crippen molar-refractivity contribution in [1.29, 1.82) is 0 Å². The summed E-state index contributed by atoms with van der Waals surface area (Å²) >= 11 is 1.46. The van der Waals surface area contributed by atoms with Crippen LogP contribution >= 0.6 is 11.8 Å². The lowest BCUT2D eigenvalue weighted by Crippen LogP contribution is -2.47. The van der Waals surface area contributed by atoms with E-state index in [0.717, 1.165) is 16.3 Å². The maximum atomic E-state index is 13.5. The molecule has 1 aromatic heterocycles. The predicted molar refractivity (Wildman–Crippen MR) is 140 cm³/mol. The third-order valence-corrected chi connectivity index (χ3v) is 8.61. The van der Waals surface area contributed by atoms with Crippen LogP contribution in [-0.2, 0) is 24.0 Å². The zero-order chi connectivity index (χ0) is 26.4. The van der Waals surface area contributed by atoms with Crippen LogP contribution in [0.2, 0.25) is 0 Å². The molecule has 10 heteroatoms. The molecule has 1 N–H and O–H groups in total. The lowest BCUT2D eigenvalue weighted by Gasteiger charge is -2.33. The molecule has 2 unspecified atom stereocenters. The van der Waals surface area contributed by atoms with E-state index in [1.54, 1.807) is 24.3 Å². The maximum absolute atomic E-state index is 13.5. The fourth-order valence-electron chi connectivity index (χ4n) is 5.27. The SMILES string of the molecule is COc1cc2c(cc1NC(=O)COC(=O)C1CSC3(c4ccc(F)cc4)CCC(=O)N13)oc1ccccc12. The monoisotopic (exact) mass is 534 g/mol. The highest BCUT2D eigenvalue weighted by Gasteiger charge is 2.57. The summed E-state index contributed by atoms with van der Waals surface area (Å²) in [5.41, 5.74) is 2.42. The van der Waals surface area contributed by atoms with Gasteiger partial charge in [0.15, 0.2) is 6.61 Å². The molecule has 3 aromatic carbocycles. The zero-order valence-corrected chi connectivity index (χ0v) is 21.2.